The zero-order valence-electron chi connectivity index (χ0n) is 11.8. The minimum Gasteiger partial charge on any atom is -0.370 e. The number of hydrogen-bond donors (Lipinski definition) is 0. The van der Waals surface area contributed by atoms with Crippen LogP contribution in [0.2, 0.25) is 0 Å². The summed E-state index contributed by atoms with van der Waals surface area (Å²) in [5, 5.41) is 1.29. The van der Waals surface area contributed by atoms with Crippen LogP contribution in [0.4, 0.5) is 5.69 Å². The van der Waals surface area contributed by atoms with Crippen molar-refractivity contribution in [1.82, 2.24) is 9.88 Å². The van der Waals surface area contributed by atoms with E-state index in [4.69, 9.17) is 0 Å². The Morgan fingerprint density at radius 2 is 1.85 bits per heavy atom. The van der Waals surface area contributed by atoms with Crippen LogP contribution in [0.15, 0.2) is 36.5 Å². The summed E-state index contributed by atoms with van der Waals surface area (Å²) in [6.45, 7) is 4.78. The maximum absolute atomic E-state index is 4.48. The molecule has 2 heterocycles. The number of benzene rings is 1. The molecule has 0 unspecified atom stereocenters. The van der Waals surface area contributed by atoms with Crippen LogP contribution in [0.1, 0.15) is 19.3 Å². The lowest BCUT2D eigenvalue weighted by Crippen LogP contribution is -2.32. The number of nitrogens with zero attached hydrogens (tertiary/aromatic N) is 3. The Morgan fingerprint density at radius 1 is 0.950 bits per heavy atom. The molecule has 4 rings (SSSR count). The van der Waals surface area contributed by atoms with Crippen LogP contribution in [-0.4, -0.2) is 42.1 Å². The Hall–Kier alpha value is -1.61. The van der Waals surface area contributed by atoms with E-state index in [1.165, 1.54) is 43.4 Å². The molecule has 2 aliphatic rings. The lowest BCUT2D eigenvalue weighted by Gasteiger charge is -2.24. The quantitative estimate of drug-likeness (QED) is 0.834. The largest absolute Gasteiger partial charge is 0.370 e. The zero-order valence-corrected chi connectivity index (χ0v) is 11.8. The van der Waals surface area contributed by atoms with E-state index in [9.17, 15) is 0 Å². The van der Waals surface area contributed by atoms with Crippen molar-refractivity contribution >= 4 is 16.6 Å². The first-order valence-corrected chi connectivity index (χ1v) is 7.74. The molecule has 1 aliphatic carbocycles. The summed E-state index contributed by atoms with van der Waals surface area (Å²) >= 11 is 0. The average Bonchev–Trinajstić information content (AvgIpc) is 3.32. The summed E-state index contributed by atoms with van der Waals surface area (Å²) in [6, 6.07) is 11.5. The van der Waals surface area contributed by atoms with Gasteiger partial charge in [0, 0.05) is 49.5 Å². The minimum absolute atomic E-state index is 0.893. The number of pyridine rings is 1. The highest BCUT2D eigenvalue weighted by atomic mass is 15.2. The summed E-state index contributed by atoms with van der Waals surface area (Å²) in [7, 11) is 0. The predicted octanol–water partition coefficient (Wildman–Crippen LogP) is 2.91. The summed E-state index contributed by atoms with van der Waals surface area (Å²) in [5.74, 6) is 0. The summed E-state index contributed by atoms with van der Waals surface area (Å²) in [5.41, 5.74) is 2.46. The molecule has 0 spiro atoms. The molecule has 0 atom stereocenters. The number of hydrogen-bond acceptors (Lipinski definition) is 3. The van der Waals surface area contributed by atoms with E-state index in [2.05, 4.69) is 45.1 Å². The van der Waals surface area contributed by atoms with E-state index in [1.807, 2.05) is 6.20 Å². The molecule has 1 saturated carbocycles. The van der Waals surface area contributed by atoms with E-state index in [-0.39, 0.29) is 0 Å². The van der Waals surface area contributed by atoms with Gasteiger partial charge in [-0.1, -0.05) is 18.2 Å². The molecular weight excluding hydrogens is 246 g/mol. The van der Waals surface area contributed by atoms with Crippen molar-refractivity contribution in [3.05, 3.63) is 36.5 Å². The highest BCUT2D eigenvalue weighted by Gasteiger charge is 2.30. The molecule has 0 amide bonds. The normalized spacial score (nSPS) is 21.1. The topological polar surface area (TPSA) is 19.4 Å². The van der Waals surface area contributed by atoms with Crippen LogP contribution in [0, 0.1) is 0 Å². The van der Waals surface area contributed by atoms with Gasteiger partial charge in [0.15, 0.2) is 0 Å². The van der Waals surface area contributed by atoms with Crippen molar-refractivity contribution in [3.8, 4) is 0 Å². The second kappa shape index (κ2) is 5.06. The van der Waals surface area contributed by atoms with Crippen LogP contribution in [0.5, 0.6) is 0 Å². The van der Waals surface area contributed by atoms with Crippen LogP contribution in [-0.2, 0) is 0 Å². The molecule has 0 N–H and O–H groups in total. The molecule has 20 heavy (non-hydrogen) atoms. The Labute approximate surface area is 120 Å². The van der Waals surface area contributed by atoms with Gasteiger partial charge in [-0.3, -0.25) is 9.88 Å². The van der Waals surface area contributed by atoms with Crippen molar-refractivity contribution < 1.29 is 0 Å². The maximum Gasteiger partial charge on any atom is 0.0722 e. The number of aromatic nitrogens is 1. The smallest absolute Gasteiger partial charge is 0.0722 e. The van der Waals surface area contributed by atoms with Crippen LogP contribution >= 0.6 is 0 Å². The summed E-state index contributed by atoms with van der Waals surface area (Å²) in [6.07, 6.45) is 6.05. The number of anilines is 1. The number of rotatable bonds is 2. The van der Waals surface area contributed by atoms with Gasteiger partial charge in [-0.15, -0.1) is 0 Å². The Kier molecular flexibility index (Phi) is 3.07. The lowest BCUT2D eigenvalue weighted by molar-refractivity contribution is 0.283. The van der Waals surface area contributed by atoms with Gasteiger partial charge in [0.25, 0.3) is 0 Å². The van der Waals surface area contributed by atoms with Crippen molar-refractivity contribution in [2.45, 2.75) is 25.3 Å². The first-order valence-electron chi connectivity index (χ1n) is 7.74. The van der Waals surface area contributed by atoms with Gasteiger partial charge in [-0.25, -0.2) is 0 Å². The third-order valence-corrected chi connectivity index (χ3v) is 4.56. The third-order valence-electron chi connectivity index (χ3n) is 4.56. The van der Waals surface area contributed by atoms with E-state index in [0.29, 0.717) is 0 Å². The van der Waals surface area contributed by atoms with Gasteiger partial charge in [0.1, 0.15) is 0 Å². The lowest BCUT2D eigenvalue weighted by atomic mass is 10.1. The van der Waals surface area contributed by atoms with Gasteiger partial charge < -0.3 is 4.90 Å². The van der Waals surface area contributed by atoms with Crippen molar-refractivity contribution in [2.75, 3.05) is 31.1 Å². The van der Waals surface area contributed by atoms with Crippen LogP contribution in [0.25, 0.3) is 10.9 Å². The Bertz CT molecular complexity index is 601. The first kappa shape index (κ1) is 12.2. The number of fused-ring (bicyclic) bond motifs is 1. The molecule has 1 aliphatic heterocycles. The molecule has 104 valence electrons. The summed E-state index contributed by atoms with van der Waals surface area (Å²) < 4.78 is 0. The van der Waals surface area contributed by atoms with Crippen LogP contribution in [0.3, 0.4) is 0 Å². The Morgan fingerprint density at radius 3 is 2.75 bits per heavy atom. The standard InChI is InChI=1S/C17H21N3/c1-2-5-16-15(4-1)17(8-9-18-16)20-11-3-10-19(12-13-20)14-6-7-14/h1-2,4-5,8-9,14H,3,6-7,10-13H2. The number of para-hydroxylation sites is 1. The van der Waals surface area contributed by atoms with Crippen molar-refractivity contribution in [2.24, 2.45) is 0 Å². The highest BCUT2D eigenvalue weighted by molar-refractivity contribution is 5.91. The monoisotopic (exact) mass is 267 g/mol. The van der Waals surface area contributed by atoms with Gasteiger partial charge >= 0.3 is 0 Å². The fraction of sp³-hybridized carbons (Fsp3) is 0.471. The van der Waals surface area contributed by atoms with Gasteiger partial charge in [0.2, 0.25) is 0 Å². The van der Waals surface area contributed by atoms with Gasteiger partial charge in [0.05, 0.1) is 5.52 Å². The SMILES string of the molecule is c1ccc2c(N3CCCN(C4CC4)CC3)ccnc2c1. The average molecular weight is 267 g/mol. The van der Waals surface area contributed by atoms with Gasteiger partial charge in [-0.2, -0.15) is 0 Å². The maximum atomic E-state index is 4.48. The van der Waals surface area contributed by atoms with E-state index in [0.717, 1.165) is 24.6 Å². The molecule has 0 bridgehead atoms. The Balaban J connectivity index is 1.62. The van der Waals surface area contributed by atoms with E-state index < -0.39 is 0 Å². The van der Waals surface area contributed by atoms with Gasteiger partial charge in [-0.05, 0) is 31.4 Å². The minimum atomic E-state index is 0.893. The van der Waals surface area contributed by atoms with E-state index in [1.54, 1.807) is 0 Å². The second-order valence-electron chi connectivity index (χ2n) is 5.95. The molecule has 2 fully saturated rings. The molecule has 1 aromatic heterocycles. The molecule has 0 radical (unpaired) electrons. The highest BCUT2D eigenvalue weighted by Crippen LogP contribution is 2.30. The van der Waals surface area contributed by atoms with Crippen LogP contribution < -0.4 is 4.90 Å². The molecular formula is C17H21N3. The summed E-state index contributed by atoms with van der Waals surface area (Å²) in [4.78, 5) is 9.71. The van der Waals surface area contributed by atoms with E-state index >= 15 is 0 Å². The fourth-order valence-electron chi connectivity index (χ4n) is 3.34. The molecule has 3 nitrogen and oxygen atoms in total. The molecule has 1 saturated heterocycles. The predicted molar refractivity (Wildman–Crippen MR) is 83.2 cm³/mol. The molecule has 3 heteroatoms. The van der Waals surface area contributed by atoms with Crippen molar-refractivity contribution in [1.29, 1.82) is 0 Å². The first-order chi connectivity index (χ1) is 9.92. The fourth-order valence-corrected chi connectivity index (χ4v) is 3.34. The van der Waals surface area contributed by atoms with Crippen molar-refractivity contribution in [3.63, 3.8) is 0 Å². The second-order valence-corrected chi connectivity index (χ2v) is 5.95. The molecule has 2 aromatic rings. The molecule has 1 aromatic carbocycles. The zero-order chi connectivity index (χ0) is 13.4. The third kappa shape index (κ3) is 2.27.